The van der Waals surface area contributed by atoms with Gasteiger partial charge in [0.15, 0.2) is 0 Å². The van der Waals surface area contributed by atoms with Crippen LogP contribution in [-0.2, 0) is 6.42 Å². The van der Waals surface area contributed by atoms with E-state index in [0.29, 0.717) is 6.04 Å². The fourth-order valence-corrected chi connectivity index (χ4v) is 3.06. The summed E-state index contributed by atoms with van der Waals surface area (Å²) in [5.74, 6) is 2.48. The SMILES string of the molecule is CCCSCC(Cc1c(C)cccc1C)NC. The van der Waals surface area contributed by atoms with Crippen molar-refractivity contribution in [1.82, 2.24) is 5.32 Å². The number of aryl methyl sites for hydroxylation is 2. The summed E-state index contributed by atoms with van der Waals surface area (Å²) in [5.41, 5.74) is 4.36. The lowest BCUT2D eigenvalue weighted by Gasteiger charge is -2.18. The zero-order valence-corrected chi connectivity index (χ0v) is 12.4. The van der Waals surface area contributed by atoms with E-state index in [-0.39, 0.29) is 0 Å². The van der Waals surface area contributed by atoms with Gasteiger partial charge in [-0.3, -0.25) is 0 Å². The maximum Gasteiger partial charge on any atom is 0.0195 e. The van der Waals surface area contributed by atoms with Gasteiger partial charge in [-0.05, 0) is 56.2 Å². The van der Waals surface area contributed by atoms with E-state index in [1.807, 2.05) is 0 Å². The second-order valence-electron chi connectivity index (χ2n) is 4.63. The van der Waals surface area contributed by atoms with Gasteiger partial charge in [0.05, 0.1) is 0 Å². The van der Waals surface area contributed by atoms with Crippen molar-refractivity contribution in [3.05, 3.63) is 34.9 Å². The summed E-state index contributed by atoms with van der Waals surface area (Å²) in [6.45, 7) is 6.68. The van der Waals surface area contributed by atoms with E-state index >= 15 is 0 Å². The van der Waals surface area contributed by atoms with Crippen molar-refractivity contribution in [3.8, 4) is 0 Å². The van der Waals surface area contributed by atoms with E-state index in [4.69, 9.17) is 0 Å². The van der Waals surface area contributed by atoms with Crippen LogP contribution >= 0.6 is 11.8 Å². The van der Waals surface area contributed by atoms with Gasteiger partial charge in [0.2, 0.25) is 0 Å². The number of rotatable bonds is 7. The summed E-state index contributed by atoms with van der Waals surface area (Å²) in [7, 11) is 2.07. The van der Waals surface area contributed by atoms with Crippen LogP contribution in [0, 0.1) is 13.8 Å². The van der Waals surface area contributed by atoms with E-state index in [1.54, 1.807) is 0 Å². The molecule has 96 valence electrons. The van der Waals surface area contributed by atoms with Gasteiger partial charge < -0.3 is 5.32 Å². The molecule has 0 saturated heterocycles. The minimum atomic E-state index is 0.589. The van der Waals surface area contributed by atoms with Gasteiger partial charge in [-0.1, -0.05) is 25.1 Å². The van der Waals surface area contributed by atoms with E-state index < -0.39 is 0 Å². The standard InChI is InChI=1S/C15H25NS/c1-5-9-17-11-14(16-4)10-15-12(2)7-6-8-13(15)3/h6-8,14,16H,5,9-11H2,1-4H3. The molecule has 0 bridgehead atoms. The monoisotopic (exact) mass is 251 g/mol. The van der Waals surface area contributed by atoms with E-state index in [1.165, 1.54) is 34.6 Å². The van der Waals surface area contributed by atoms with Crippen LogP contribution < -0.4 is 5.32 Å². The summed E-state index contributed by atoms with van der Waals surface area (Å²) in [6, 6.07) is 7.17. The van der Waals surface area contributed by atoms with Crippen molar-refractivity contribution < 1.29 is 0 Å². The highest BCUT2D eigenvalue weighted by Crippen LogP contribution is 2.17. The van der Waals surface area contributed by atoms with Gasteiger partial charge in [-0.15, -0.1) is 0 Å². The largest absolute Gasteiger partial charge is 0.316 e. The lowest BCUT2D eigenvalue weighted by atomic mass is 9.97. The first-order valence-electron chi connectivity index (χ1n) is 6.49. The third-order valence-electron chi connectivity index (χ3n) is 3.17. The third kappa shape index (κ3) is 4.72. The first-order chi connectivity index (χ1) is 8.19. The number of thioether (sulfide) groups is 1. The molecule has 0 aliphatic rings. The van der Waals surface area contributed by atoms with Crippen LogP contribution in [0.3, 0.4) is 0 Å². The van der Waals surface area contributed by atoms with Crippen LogP contribution in [0.4, 0.5) is 0 Å². The quantitative estimate of drug-likeness (QED) is 0.743. The third-order valence-corrected chi connectivity index (χ3v) is 4.51. The van der Waals surface area contributed by atoms with Crippen molar-refractivity contribution in [2.24, 2.45) is 0 Å². The molecule has 1 nitrogen and oxygen atoms in total. The Morgan fingerprint density at radius 2 is 1.88 bits per heavy atom. The zero-order valence-electron chi connectivity index (χ0n) is 11.5. The topological polar surface area (TPSA) is 12.0 Å². The summed E-state index contributed by atoms with van der Waals surface area (Å²) >= 11 is 2.05. The lowest BCUT2D eigenvalue weighted by molar-refractivity contribution is 0.614. The second-order valence-corrected chi connectivity index (χ2v) is 5.78. The maximum atomic E-state index is 3.44. The number of benzene rings is 1. The highest BCUT2D eigenvalue weighted by Gasteiger charge is 2.10. The van der Waals surface area contributed by atoms with Crippen molar-refractivity contribution in [2.75, 3.05) is 18.6 Å². The number of likely N-dealkylation sites (N-methyl/N-ethyl adjacent to an activating group) is 1. The average Bonchev–Trinajstić information content (AvgIpc) is 2.32. The van der Waals surface area contributed by atoms with Crippen molar-refractivity contribution >= 4 is 11.8 Å². The van der Waals surface area contributed by atoms with E-state index in [9.17, 15) is 0 Å². The van der Waals surface area contributed by atoms with Crippen LogP contribution in [0.15, 0.2) is 18.2 Å². The van der Waals surface area contributed by atoms with Gasteiger partial charge in [0, 0.05) is 11.8 Å². The van der Waals surface area contributed by atoms with Crippen LogP contribution in [0.2, 0.25) is 0 Å². The molecule has 0 spiro atoms. The highest BCUT2D eigenvalue weighted by molar-refractivity contribution is 7.99. The minimum absolute atomic E-state index is 0.589. The Balaban J connectivity index is 2.60. The molecule has 0 amide bonds. The minimum Gasteiger partial charge on any atom is -0.316 e. The first kappa shape index (κ1) is 14.6. The van der Waals surface area contributed by atoms with Gasteiger partial charge in [-0.2, -0.15) is 11.8 Å². The Bertz CT molecular complexity index is 315. The Kier molecular flexibility index (Phi) is 6.68. The molecule has 1 atom stereocenters. The summed E-state index contributed by atoms with van der Waals surface area (Å²) in [4.78, 5) is 0. The lowest BCUT2D eigenvalue weighted by Crippen LogP contribution is -2.30. The molecule has 1 aromatic carbocycles. The molecule has 17 heavy (non-hydrogen) atoms. The van der Waals surface area contributed by atoms with Crippen LogP contribution in [0.25, 0.3) is 0 Å². The Morgan fingerprint density at radius 1 is 1.24 bits per heavy atom. The highest BCUT2D eigenvalue weighted by atomic mass is 32.2. The Hall–Kier alpha value is -0.470. The van der Waals surface area contributed by atoms with Gasteiger partial charge >= 0.3 is 0 Å². The summed E-state index contributed by atoms with van der Waals surface area (Å²) < 4.78 is 0. The van der Waals surface area contributed by atoms with Crippen molar-refractivity contribution in [3.63, 3.8) is 0 Å². The number of nitrogens with one attached hydrogen (secondary N) is 1. The molecular formula is C15H25NS. The molecule has 1 aromatic rings. The van der Waals surface area contributed by atoms with Crippen LogP contribution in [0.1, 0.15) is 30.0 Å². The normalized spacial score (nSPS) is 12.7. The molecular weight excluding hydrogens is 226 g/mol. The number of hydrogen-bond acceptors (Lipinski definition) is 2. The molecule has 2 heteroatoms. The van der Waals surface area contributed by atoms with Gasteiger partial charge in [0.25, 0.3) is 0 Å². The molecule has 1 N–H and O–H groups in total. The van der Waals surface area contributed by atoms with Crippen LogP contribution in [0.5, 0.6) is 0 Å². The van der Waals surface area contributed by atoms with E-state index in [0.717, 1.165) is 6.42 Å². The van der Waals surface area contributed by atoms with Crippen molar-refractivity contribution in [2.45, 2.75) is 39.7 Å². The molecule has 1 rings (SSSR count). The molecule has 0 radical (unpaired) electrons. The summed E-state index contributed by atoms with van der Waals surface area (Å²) in [6.07, 6.45) is 2.41. The predicted octanol–water partition coefficient (Wildman–Crippen LogP) is 3.58. The van der Waals surface area contributed by atoms with Gasteiger partial charge in [-0.25, -0.2) is 0 Å². The molecule has 0 saturated carbocycles. The Morgan fingerprint density at radius 3 is 2.41 bits per heavy atom. The van der Waals surface area contributed by atoms with Gasteiger partial charge in [0.1, 0.15) is 0 Å². The average molecular weight is 251 g/mol. The Labute approximate surface area is 110 Å². The molecule has 1 unspecified atom stereocenters. The number of hydrogen-bond donors (Lipinski definition) is 1. The molecule has 0 heterocycles. The van der Waals surface area contributed by atoms with Crippen molar-refractivity contribution in [1.29, 1.82) is 0 Å². The smallest absolute Gasteiger partial charge is 0.0195 e. The molecule has 0 aliphatic carbocycles. The predicted molar refractivity (Wildman–Crippen MR) is 80.1 cm³/mol. The molecule has 0 aromatic heterocycles. The molecule has 0 aliphatic heterocycles. The van der Waals surface area contributed by atoms with E-state index in [2.05, 4.69) is 63.1 Å². The fraction of sp³-hybridized carbons (Fsp3) is 0.600. The maximum absolute atomic E-state index is 3.44. The van der Waals surface area contributed by atoms with Crippen LogP contribution in [-0.4, -0.2) is 24.6 Å². The molecule has 0 fully saturated rings. The fourth-order valence-electron chi connectivity index (χ4n) is 2.03. The summed E-state index contributed by atoms with van der Waals surface area (Å²) in [5, 5.41) is 3.44. The second kappa shape index (κ2) is 7.78. The first-order valence-corrected chi connectivity index (χ1v) is 7.64. The zero-order chi connectivity index (χ0) is 12.7.